The van der Waals surface area contributed by atoms with E-state index in [1.807, 2.05) is 26.0 Å². The highest BCUT2D eigenvalue weighted by Gasteiger charge is 2.26. The molecule has 4 rings (SSSR count). The molecular formula is C20H19N5O2. The molecule has 3 aromatic rings. The summed E-state index contributed by atoms with van der Waals surface area (Å²) in [5.41, 5.74) is 4.58. The second-order valence-electron chi connectivity index (χ2n) is 6.89. The van der Waals surface area contributed by atoms with Gasteiger partial charge in [-0.1, -0.05) is 0 Å². The predicted octanol–water partition coefficient (Wildman–Crippen LogP) is 3.16. The molecule has 7 nitrogen and oxygen atoms in total. The Morgan fingerprint density at radius 3 is 2.70 bits per heavy atom. The Balaban J connectivity index is 1.60. The standard InChI is InChI=1S/C20H19N5O2/c1-11-7-13(12(2)25(11)16-4-5-16)8-14(10-21)19(26)22-15-3-6-17-18(9-15)24-20(27)23-17/h3,6-9,16H,4-5H2,1-2H3,(H,22,26)(H2,23,24,27)/b14-8+. The molecular weight excluding hydrogens is 342 g/mol. The average molecular weight is 361 g/mol. The Hall–Kier alpha value is -3.53. The normalized spacial score (nSPS) is 14.3. The largest absolute Gasteiger partial charge is 0.346 e. The third-order valence-electron chi connectivity index (χ3n) is 4.87. The Kier molecular flexibility index (Phi) is 3.96. The van der Waals surface area contributed by atoms with Crippen LogP contribution >= 0.6 is 0 Å². The number of aromatic amines is 2. The van der Waals surface area contributed by atoms with Gasteiger partial charge in [-0.15, -0.1) is 0 Å². The Morgan fingerprint density at radius 1 is 1.26 bits per heavy atom. The first-order chi connectivity index (χ1) is 13.0. The van der Waals surface area contributed by atoms with E-state index in [0.29, 0.717) is 22.8 Å². The number of benzene rings is 1. The Morgan fingerprint density at radius 2 is 2.00 bits per heavy atom. The van der Waals surface area contributed by atoms with Crippen molar-refractivity contribution in [2.45, 2.75) is 32.7 Å². The number of nitrogens with zero attached hydrogens (tertiary/aromatic N) is 2. The predicted molar refractivity (Wildman–Crippen MR) is 103 cm³/mol. The molecule has 1 aliphatic rings. The molecule has 2 heterocycles. The van der Waals surface area contributed by atoms with E-state index in [-0.39, 0.29) is 11.3 Å². The van der Waals surface area contributed by atoms with Crippen molar-refractivity contribution in [1.29, 1.82) is 5.26 Å². The van der Waals surface area contributed by atoms with Crippen LogP contribution < -0.4 is 11.0 Å². The topological polar surface area (TPSA) is 106 Å². The molecule has 7 heteroatoms. The van der Waals surface area contributed by atoms with E-state index >= 15 is 0 Å². The molecule has 0 saturated heterocycles. The van der Waals surface area contributed by atoms with Crippen LogP contribution in [0, 0.1) is 25.2 Å². The van der Waals surface area contributed by atoms with Gasteiger partial charge in [0.15, 0.2) is 0 Å². The highest BCUT2D eigenvalue weighted by Crippen LogP contribution is 2.38. The van der Waals surface area contributed by atoms with Crippen LogP contribution in [0.25, 0.3) is 17.1 Å². The van der Waals surface area contributed by atoms with Crippen LogP contribution in [0.2, 0.25) is 0 Å². The molecule has 136 valence electrons. The van der Waals surface area contributed by atoms with Gasteiger partial charge in [0.1, 0.15) is 11.6 Å². The minimum Gasteiger partial charge on any atom is -0.346 e. The molecule has 0 aliphatic heterocycles. The average Bonchev–Trinajstić information content (AvgIpc) is 3.32. The fourth-order valence-electron chi connectivity index (χ4n) is 3.46. The van der Waals surface area contributed by atoms with Gasteiger partial charge in [0, 0.05) is 23.1 Å². The van der Waals surface area contributed by atoms with Crippen molar-refractivity contribution in [1.82, 2.24) is 14.5 Å². The molecule has 0 atom stereocenters. The number of H-pyrrole nitrogens is 2. The highest BCUT2D eigenvalue weighted by molar-refractivity contribution is 6.10. The van der Waals surface area contributed by atoms with Crippen molar-refractivity contribution in [3.8, 4) is 6.07 Å². The van der Waals surface area contributed by atoms with E-state index in [9.17, 15) is 14.9 Å². The molecule has 0 bridgehead atoms. The zero-order chi connectivity index (χ0) is 19.1. The van der Waals surface area contributed by atoms with Crippen molar-refractivity contribution in [3.05, 3.63) is 57.3 Å². The zero-order valence-corrected chi connectivity index (χ0v) is 15.1. The van der Waals surface area contributed by atoms with Gasteiger partial charge in [-0.2, -0.15) is 5.26 Å². The smallest absolute Gasteiger partial charge is 0.323 e. The summed E-state index contributed by atoms with van der Waals surface area (Å²) in [5.74, 6) is -0.481. The van der Waals surface area contributed by atoms with Crippen LogP contribution in [0.1, 0.15) is 35.8 Å². The first kappa shape index (κ1) is 16.9. The molecule has 1 saturated carbocycles. The molecule has 2 aromatic heterocycles. The number of carbonyl (C=O) groups is 1. The SMILES string of the molecule is Cc1cc(/C=C(\C#N)C(=O)Nc2ccc3[nH]c(=O)[nH]c3c2)c(C)n1C1CC1. The number of anilines is 1. The third kappa shape index (κ3) is 3.17. The number of rotatable bonds is 4. The lowest BCUT2D eigenvalue weighted by Crippen LogP contribution is -2.13. The van der Waals surface area contributed by atoms with Gasteiger partial charge in [0.05, 0.1) is 11.0 Å². The molecule has 1 amide bonds. The number of nitriles is 1. The summed E-state index contributed by atoms with van der Waals surface area (Å²) in [6.07, 6.45) is 3.98. The second kappa shape index (κ2) is 6.32. The van der Waals surface area contributed by atoms with Crippen LogP contribution in [0.4, 0.5) is 5.69 Å². The molecule has 0 radical (unpaired) electrons. The fourth-order valence-corrected chi connectivity index (χ4v) is 3.46. The number of hydrogen-bond acceptors (Lipinski definition) is 3. The quantitative estimate of drug-likeness (QED) is 0.491. The van der Waals surface area contributed by atoms with Crippen LogP contribution in [0.3, 0.4) is 0 Å². The molecule has 27 heavy (non-hydrogen) atoms. The first-order valence-electron chi connectivity index (χ1n) is 8.80. The van der Waals surface area contributed by atoms with Gasteiger partial charge in [-0.25, -0.2) is 4.79 Å². The van der Waals surface area contributed by atoms with Gasteiger partial charge in [0.25, 0.3) is 5.91 Å². The summed E-state index contributed by atoms with van der Waals surface area (Å²) < 4.78 is 2.27. The van der Waals surface area contributed by atoms with Gasteiger partial charge in [-0.3, -0.25) is 4.79 Å². The summed E-state index contributed by atoms with van der Waals surface area (Å²) in [6.45, 7) is 4.06. The minimum atomic E-state index is -0.481. The van der Waals surface area contributed by atoms with Crippen LogP contribution in [0.5, 0.6) is 0 Å². The number of fused-ring (bicyclic) bond motifs is 1. The van der Waals surface area contributed by atoms with E-state index in [0.717, 1.165) is 17.0 Å². The number of carbonyl (C=O) groups excluding carboxylic acids is 1. The number of nitrogens with one attached hydrogen (secondary N) is 3. The molecule has 3 N–H and O–H groups in total. The number of hydrogen-bond donors (Lipinski definition) is 3. The van der Waals surface area contributed by atoms with E-state index in [1.54, 1.807) is 24.3 Å². The Bertz CT molecular complexity index is 1180. The van der Waals surface area contributed by atoms with Crippen LogP contribution in [0.15, 0.2) is 34.6 Å². The maximum atomic E-state index is 12.6. The third-order valence-corrected chi connectivity index (χ3v) is 4.87. The lowest BCUT2D eigenvalue weighted by atomic mass is 10.1. The molecule has 0 unspecified atom stereocenters. The van der Waals surface area contributed by atoms with Crippen LogP contribution in [-0.2, 0) is 4.79 Å². The van der Waals surface area contributed by atoms with Crippen molar-refractivity contribution >= 4 is 28.7 Å². The van der Waals surface area contributed by atoms with Gasteiger partial charge < -0.3 is 19.9 Å². The molecule has 1 fully saturated rings. The summed E-state index contributed by atoms with van der Waals surface area (Å²) in [7, 11) is 0. The first-order valence-corrected chi connectivity index (χ1v) is 8.80. The van der Waals surface area contributed by atoms with Crippen molar-refractivity contribution in [3.63, 3.8) is 0 Å². The van der Waals surface area contributed by atoms with Gasteiger partial charge in [-0.05, 0) is 62.6 Å². The van der Waals surface area contributed by atoms with E-state index < -0.39 is 5.91 Å². The van der Waals surface area contributed by atoms with E-state index in [4.69, 9.17) is 0 Å². The lowest BCUT2D eigenvalue weighted by molar-refractivity contribution is -0.112. The number of imidazole rings is 1. The van der Waals surface area contributed by atoms with Crippen molar-refractivity contribution < 1.29 is 4.79 Å². The summed E-state index contributed by atoms with van der Waals surface area (Å²) in [4.78, 5) is 29.2. The number of aryl methyl sites for hydroxylation is 1. The van der Waals surface area contributed by atoms with E-state index in [1.165, 1.54) is 12.8 Å². The van der Waals surface area contributed by atoms with Gasteiger partial charge in [0.2, 0.25) is 0 Å². The molecule has 0 spiro atoms. The highest BCUT2D eigenvalue weighted by atomic mass is 16.2. The zero-order valence-electron chi connectivity index (χ0n) is 15.1. The minimum absolute atomic E-state index is 0.0358. The summed E-state index contributed by atoms with van der Waals surface area (Å²) >= 11 is 0. The lowest BCUT2D eigenvalue weighted by Gasteiger charge is -2.07. The summed E-state index contributed by atoms with van der Waals surface area (Å²) in [6, 6.07) is 9.57. The summed E-state index contributed by atoms with van der Waals surface area (Å²) in [5, 5.41) is 12.2. The van der Waals surface area contributed by atoms with Gasteiger partial charge >= 0.3 is 5.69 Å². The molecule has 1 aromatic carbocycles. The fraction of sp³-hybridized carbons (Fsp3) is 0.250. The van der Waals surface area contributed by atoms with Crippen LogP contribution in [-0.4, -0.2) is 20.4 Å². The van der Waals surface area contributed by atoms with Crippen molar-refractivity contribution in [2.24, 2.45) is 0 Å². The van der Waals surface area contributed by atoms with E-state index in [2.05, 4.69) is 19.9 Å². The monoisotopic (exact) mass is 361 g/mol. The maximum absolute atomic E-state index is 12.6. The second-order valence-corrected chi connectivity index (χ2v) is 6.89. The maximum Gasteiger partial charge on any atom is 0.323 e. The molecule has 1 aliphatic carbocycles. The Labute approximate surface area is 155 Å². The number of amides is 1. The van der Waals surface area contributed by atoms with Crippen molar-refractivity contribution in [2.75, 3.05) is 5.32 Å². The number of aromatic nitrogens is 3.